The fourth-order valence-electron chi connectivity index (χ4n) is 3.83. The van der Waals surface area contributed by atoms with Crippen LogP contribution in [0, 0.1) is 0 Å². The van der Waals surface area contributed by atoms with Gasteiger partial charge in [0.1, 0.15) is 29.5 Å². The minimum Gasteiger partial charge on any atom is -0.508 e. The zero-order chi connectivity index (χ0) is 21.0. The summed E-state index contributed by atoms with van der Waals surface area (Å²) in [6, 6.07) is 7.98. The van der Waals surface area contributed by atoms with Crippen LogP contribution in [0.15, 0.2) is 30.3 Å². The van der Waals surface area contributed by atoms with E-state index in [9.17, 15) is 15.3 Å². The van der Waals surface area contributed by atoms with Crippen LogP contribution in [0.5, 0.6) is 17.2 Å². The fourth-order valence-corrected chi connectivity index (χ4v) is 3.83. The Balaban J connectivity index is 2.00. The van der Waals surface area contributed by atoms with Gasteiger partial charge in [-0.1, -0.05) is 19.1 Å². The molecule has 0 amide bonds. The average Bonchev–Trinajstić information content (AvgIpc) is 3.03. The molecule has 1 heterocycles. The van der Waals surface area contributed by atoms with Crippen molar-refractivity contribution >= 4 is 0 Å². The number of hydrogen-bond acceptors (Lipinski definition) is 7. The summed E-state index contributed by atoms with van der Waals surface area (Å²) in [4.78, 5) is 0. The highest BCUT2D eigenvalue weighted by Gasteiger charge is 2.37. The Labute approximate surface area is 170 Å². The number of phenols is 3. The van der Waals surface area contributed by atoms with Gasteiger partial charge in [-0.2, -0.15) is 0 Å². The van der Waals surface area contributed by atoms with E-state index in [1.807, 2.05) is 6.92 Å². The summed E-state index contributed by atoms with van der Waals surface area (Å²) in [7, 11) is 3.20. The molecule has 0 spiro atoms. The summed E-state index contributed by atoms with van der Waals surface area (Å²) in [6.07, 6.45) is -0.257. The van der Waals surface area contributed by atoms with E-state index in [0.717, 1.165) is 5.56 Å². The van der Waals surface area contributed by atoms with E-state index in [0.29, 0.717) is 42.7 Å². The molecule has 0 bridgehead atoms. The third-order valence-corrected chi connectivity index (χ3v) is 5.09. The van der Waals surface area contributed by atoms with Crippen LogP contribution in [0.1, 0.15) is 18.1 Å². The summed E-state index contributed by atoms with van der Waals surface area (Å²) in [5.41, 5.74) is 2.61. The molecule has 0 unspecified atom stereocenters. The number of aromatic hydroxyl groups is 3. The van der Waals surface area contributed by atoms with Gasteiger partial charge in [0.15, 0.2) is 6.29 Å². The van der Waals surface area contributed by atoms with Crippen molar-refractivity contribution in [1.82, 2.24) is 0 Å². The molecule has 158 valence electrons. The summed E-state index contributed by atoms with van der Waals surface area (Å²) in [5.74, 6) is 0.0385. The Kier molecular flexibility index (Phi) is 6.97. The molecule has 3 rings (SSSR count). The molecule has 1 aliphatic rings. The van der Waals surface area contributed by atoms with E-state index >= 15 is 0 Å². The summed E-state index contributed by atoms with van der Waals surface area (Å²) in [5, 5.41) is 30.9. The Hall–Kier alpha value is -2.32. The van der Waals surface area contributed by atoms with Crippen molar-refractivity contribution in [1.29, 1.82) is 0 Å². The molecule has 1 fully saturated rings. The van der Waals surface area contributed by atoms with E-state index < -0.39 is 6.29 Å². The maximum atomic E-state index is 10.6. The molecule has 7 heteroatoms. The molecule has 2 atom stereocenters. The molecule has 0 aliphatic carbocycles. The molecule has 0 aromatic heterocycles. The molecular weight excluding hydrogens is 376 g/mol. The minimum atomic E-state index is -0.585. The van der Waals surface area contributed by atoms with Gasteiger partial charge in [-0.25, -0.2) is 0 Å². The first-order valence-electron chi connectivity index (χ1n) is 9.63. The highest BCUT2D eigenvalue weighted by atomic mass is 16.7. The molecule has 7 nitrogen and oxygen atoms in total. The zero-order valence-corrected chi connectivity index (χ0v) is 16.9. The molecule has 0 radical (unpaired) electrons. The lowest BCUT2D eigenvalue weighted by Gasteiger charge is -2.20. The number of phenolic OH excluding ortho intramolecular Hbond substituents is 3. The predicted octanol–water partition coefficient (Wildman–Crippen LogP) is 2.98. The van der Waals surface area contributed by atoms with Gasteiger partial charge in [0.05, 0.1) is 13.2 Å². The smallest absolute Gasteiger partial charge is 0.162 e. The highest BCUT2D eigenvalue weighted by molar-refractivity contribution is 5.77. The molecule has 3 N–H and O–H groups in total. The van der Waals surface area contributed by atoms with E-state index in [2.05, 4.69) is 0 Å². The van der Waals surface area contributed by atoms with Gasteiger partial charge in [0.2, 0.25) is 0 Å². The van der Waals surface area contributed by atoms with Crippen LogP contribution in [-0.4, -0.2) is 61.3 Å². The lowest BCUT2D eigenvalue weighted by molar-refractivity contribution is -0.0752. The van der Waals surface area contributed by atoms with Crippen molar-refractivity contribution in [2.75, 3.05) is 27.4 Å². The summed E-state index contributed by atoms with van der Waals surface area (Å²) < 4.78 is 22.5. The van der Waals surface area contributed by atoms with Crippen LogP contribution in [0.25, 0.3) is 11.1 Å². The topological polar surface area (TPSA) is 97.6 Å². The van der Waals surface area contributed by atoms with Crippen molar-refractivity contribution in [2.45, 2.75) is 38.3 Å². The van der Waals surface area contributed by atoms with Crippen LogP contribution < -0.4 is 0 Å². The normalized spacial score (nSPS) is 19.7. The molecule has 2 aromatic rings. The maximum Gasteiger partial charge on any atom is 0.162 e. The van der Waals surface area contributed by atoms with E-state index in [1.165, 1.54) is 6.07 Å². The molecule has 29 heavy (non-hydrogen) atoms. The Morgan fingerprint density at radius 2 is 1.55 bits per heavy atom. The Morgan fingerprint density at radius 1 is 0.897 bits per heavy atom. The van der Waals surface area contributed by atoms with Gasteiger partial charge in [-0.15, -0.1) is 0 Å². The third kappa shape index (κ3) is 4.64. The van der Waals surface area contributed by atoms with Crippen LogP contribution in [0.3, 0.4) is 0 Å². The van der Waals surface area contributed by atoms with Gasteiger partial charge >= 0.3 is 0 Å². The van der Waals surface area contributed by atoms with Crippen molar-refractivity contribution in [3.63, 3.8) is 0 Å². The second kappa shape index (κ2) is 9.45. The molecular formula is C22H28O7. The Bertz CT molecular complexity index is 822. The quantitative estimate of drug-likeness (QED) is 0.622. The number of hydrogen-bond donors (Lipinski definition) is 3. The first kappa shape index (κ1) is 21.4. The molecule has 2 aromatic carbocycles. The summed E-state index contributed by atoms with van der Waals surface area (Å²) >= 11 is 0. The van der Waals surface area contributed by atoms with E-state index in [-0.39, 0.29) is 29.5 Å². The monoisotopic (exact) mass is 404 g/mol. The van der Waals surface area contributed by atoms with Crippen LogP contribution in [0.2, 0.25) is 0 Å². The molecule has 0 saturated carbocycles. The lowest BCUT2D eigenvalue weighted by atomic mass is 9.90. The lowest BCUT2D eigenvalue weighted by Crippen LogP contribution is -2.30. The van der Waals surface area contributed by atoms with Gasteiger partial charge in [0.25, 0.3) is 0 Å². The fraction of sp³-hybridized carbons (Fsp3) is 0.455. The van der Waals surface area contributed by atoms with Crippen LogP contribution >= 0.6 is 0 Å². The molecule has 1 saturated heterocycles. The number of ether oxygens (including phenoxy) is 4. The first-order valence-corrected chi connectivity index (χ1v) is 9.63. The first-order chi connectivity index (χ1) is 14.0. The standard InChI is InChI=1S/C22H28O7/c1-4-15-16(9-21-28-19(11-26-2)20(29-21)12-27-3)22(18(25)10-17(15)24)13-6-5-7-14(23)8-13/h5-8,10,19-21,23-25H,4,9,11-12H2,1-3H3/t19-,20-/m1/s1. The van der Waals surface area contributed by atoms with Crippen molar-refractivity contribution in [3.8, 4) is 28.4 Å². The average molecular weight is 404 g/mol. The van der Waals surface area contributed by atoms with Gasteiger partial charge < -0.3 is 34.3 Å². The minimum absolute atomic E-state index is 0.0174. The van der Waals surface area contributed by atoms with Gasteiger partial charge in [-0.3, -0.25) is 0 Å². The highest BCUT2D eigenvalue weighted by Crippen LogP contribution is 2.42. The number of methoxy groups -OCH3 is 2. The van der Waals surface area contributed by atoms with Crippen LogP contribution in [-0.2, 0) is 31.8 Å². The van der Waals surface area contributed by atoms with E-state index in [1.54, 1.807) is 38.5 Å². The maximum absolute atomic E-state index is 10.6. The van der Waals surface area contributed by atoms with Gasteiger partial charge in [-0.05, 0) is 35.2 Å². The van der Waals surface area contributed by atoms with Crippen LogP contribution in [0.4, 0.5) is 0 Å². The van der Waals surface area contributed by atoms with Crippen molar-refractivity contribution in [2.24, 2.45) is 0 Å². The van der Waals surface area contributed by atoms with Crippen molar-refractivity contribution < 1.29 is 34.3 Å². The third-order valence-electron chi connectivity index (χ3n) is 5.09. The largest absolute Gasteiger partial charge is 0.508 e. The number of rotatable bonds is 8. The second-order valence-electron chi connectivity index (χ2n) is 7.04. The Morgan fingerprint density at radius 3 is 2.10 bits per heavy atom. The van der Waals surface area contributed by atoms with Gasteiger partial charge in [0, 0.05) is 32.3 Å². The zero-order valence-electron chi connectivity index (χ0n) is 16.9. The summed E-state index contributed by atoms with van der Waals surface area (Å²) in [6.45, 7) is 2.67. The van der Waals surface area contributed by atoms with E-state index in [4.69, 9.17) is 18.9 Å². The SMILES string of the molecule is CCc1c(O)cc(O)c(-c2cccc(O)c2)c1CC1O[C@H](COC)[C@@H](COC)O1. The number of benzene rings is 2. The molecule has 1 aliphatic heterocycles. The second-order valence-corrected chi connectivity index (χ2v) is 7.04. The predicted molar refractivity (Wildman–Crippen MR) is 107 cm³/mol. The van der Waals surface area contributed by atoms with Crippen molar-refractivity contribution in [3.05, 3.63) is 41.5 Å².